The third kappa shape index (κ3) is 2.85. The van der Waals surface area contributed by atoms with Crippen molar-refractivity contribution in [3.63, 3.8) is 0 Å². The lowest BCUT2D eigenvalue weighted by atomic mass is 10.0. The van der Waals surface area contributed by atoms with E-state index in [0.29, 0.717) is 10.0 Å². The predicted octanol–water partition coefficient (Wildman–Crippen LogP) is 6.39. The molecule has 0 spiro atoms. The van der Waals surface area contributed by atoms with E-state index < -0.39 is 0 Å². The maximum Gasteiger partial charge on any atom is 0.0846 e. The molecule has 0 radical (unpaired) electrons. The van der Waals surface area contributed by atoms with E-state index in [4.69, 9.17) is 34.8 Å². The van der Waals surface area contributed by atoms with Gasteiger partial charge in [-0.25, -0.2) is 0 Å². The molecule has 0 aliphatic carbocycles. The highest BCUT2D eigenvalue weighted by atomic mass is 79.9. The molecule has 0 aliphatic heterocycles. The second-order valence-corrected chi connectivity index (χ2v) is 6.06. The Labute approximate surface area is 130 Å². The summed E-state index contributed by atoms with van der Waals surface area (Å²) in [6.45, 7) is 2.03. The van der Waals surface area contributed by atoms with Gasteiger partial charge in [0.1, 0.15) is 0 Å². The third-order valence-corrected chi connectivity index (χ3v) is 5.04. The van der Waals surface area contributed by atoms with Gasteiger partial charge in [-0.15, -0.1) is 11.6 Å². The number of halogens is 4. The molecule has 18 heavy (non-hydrogen) atoms. The van der Waals surface area contributed by atoms with Gasteiger partial charge in [0.05, 0.1) is 15.4 Å². The molecule has 0 aliphatic rings. The highest BCUT2D eigenvalue weighted by molar-refractivity contribution is 9.10. The standard InChI is InChI=1S/C14H10BrCl3/c1-8-3-2-4-10(13(8)15)14(18)9-5-6-11(16)12(17)7-9/h2-7,14H,1H3. The van der Waals surface area contributed by atoms with E-state index in [-0.39, 0.29) is 5.38 Å². The Bertz CT molecular complexity index is 581. The summed E-state index contributed by atoms with van der Waals surface area (Å²) >= 11 is 22.0. The van der Waals surface area contributed by atoms with Gasteiger partial charge in [0, 0.05) is 4.47 Å². The minimum Gasteiger partial charge on any atom is -0.113 e. The van der Waals surface area contributed by atoms with Crippen LogP contribution in [0.1, 0.15) is 22.1 Å². The molecule has 0 aromatic heterocycles. The summed E-state index contributed by atoms with van der Waals surface area (Å²) in [5, 5.41) is 0.797. The highest BCUT2D eigenvalue weighted by Gasteiger charge is 2.15. The van der Waals surface area contributed by atoms with Crippen LogP contribution in [-0.2, 0) is 0 Å². The molecule has 0 saturated heterocycles. The molecule has 0 bridgehead atoms. The molecule has 0 nitrogen and oxygen atoms in total. The van der Waals surface area contributed by atoms with Crippen molar-refractivity contribution in [2.24, 2.45) is 0 Å². The average Bonchev–Trinajstić information content (AvgIpc) is 2.35. The van der Waals surface area contributed by atoms with Crippen molar-refractivity contribution in [3.8, 4) is 0 Å². The number of hydrogen-bond donors (Lipinski definition) is 0. The normalized spacial score (nSPS) is 12.5. The Kier molecular flexibility index (Phi) is 4.60. The van der Waals surface area contributed by atoms with E-state index in [0.717, 1.165) is 21.2 Å². The molecule has 0 fully saturated rings. The van der Waals surface area contributed by atoms with E-state index in [1.54, 1.807) is 12.1 Å². The van der Waals surface area contributed by atoms with Crippen molar-refractivity contribution in [1.29, 1.82) is 0 Å². The van der Waals surface area contributed by atoms with Crippen LogP contribution in [0.4, 0.5) is 0 Å². The summed E-state index contributed by atoms with van der Waals surface area (Å²) < 4.78 is 1.02. The fourth-order valence-corrected chi connectivity index (χ4v) is 2.96. The first kappa shape index (κ1) is 14.2. The van der Waals surface area contributed by atoms with Crippen molar-refractivity contribution in [3.05, 3.63) is 67.6 Å². The van der Waals surface area contributed by atoms with Gasteiger partial charge in [0.25, 0.3) is 0 Å². The summed E-state index contributed by atoms with van der Waals surface area (Å²) in [6.07, 6.45) is 0. The summed E-state index contributed by atoms with van der Waals surface area (Å²) in [6, 6.07) is 11.5. The monoisotopic (exact) mass is 362 g/mol. The van der Waals surface area contributed by atoms with Crippen LogP contribution in [0.15, 0.2) is 40.9 Å². The SMILES string of the molecule is Cc1cccc(C(Cl)c2ccc(Cl)c(Cl)c2)c1Br. The lowest BCUT2D eigenvalue weighted by molar-refractivity contribution is 1.12. The molecule has 1 atom stereocenters. The first-order valence-corrected chi connectivity index (χ1v) is 7.33. The van der Waals surface area contributed by atoms with Crippen LogP contribution < -0.4 is 0 Å². The molecular formula is C14H10BrCl3. The molecule has 0 N–H and O–H groups in total. The van der Waals surface area contributed by atoms with Crippen LogP contribution in [0.5, 0.6) is 0 Å². The van der Waals surface area contributed by atoms with Gasteiger partial charge < -0.3 is 0 Å². The van der Waals surface area contributed by atoms with Gasteiger partial charge in [0.15, 0.2) is 0 Å². The van der Waals surface area contributed by atoms with Crippen LogP contribution in [-0.4, -0.2) is 0 Å². The van der Waals surface area contributed by atoms with Gasteiger partial charge in [0.2, 0.25) is 0 Å². The van der Waals surface area contributed by atoms with E-state index in [1.807, 2.05) is 31.2 Å². The molecule has 4 heteroatoms. The second kappa shape index (κ2) is 5.83. The van der Waals surface area contributed by atoms with Gasteiger partial charge in [-0.2, -0.15) is 0 Å². The number of rotatable bonds is 2. The molecule has 2 rings (SSSR count). The fourth-order valence-electron chi connectivity index (χ4n) is 1.72. The first-order chi connectivity index (χ1) is 8.50. The molecular weight excluding hydrogens is 354 g/mol. The summed E-state index contributed by atoms with van der Waals surface area (Å²) in [4.78, 5) is 0. The molecule has 0 amide bonds. The lowest BCUT2D eigenvalue weighted by Gasteiger charge is -2.14. The zero-order valence-corrected chi connectivity index (χ0v) is 13.4. The van der Waals surface area contributed by atoms with Crippen LogP contribution in [0.2, 0.25) is 10.0 Å². The Hall–Kier alpha value is -0.210. The second-order valence-electron chi connectivity index (χ2n) is 4.01. The van der Waals surface area contributed by atoms with E-state index in [2.05, 4.69) is 15.9 Å². The van der Waals surface area contributed by atoms with E-state index in [9.17, 15) is 0 Å². The van der Waals surface area contributed by atoms with Crippen molar-refractivity contribution >= 4 is 50.7 Å². The number of benzene rings is 2. The quantitative estimate of drug-likeness (QED) is 0.541. The van der Waals surface area contributed by atoms with Gasteiger partial charge in [-0.05, 0) is 35.7 Å². The van der Waals surface area contributed by atoms with Gasteiger partial charge in [-0.3, -0.25) is 0 Å². The Morgan fingerprint density at radius 2 is 1.78 bits per heavy atom. The zero-order valence-electron chi connectivity index (χ0n) is 9.55. The largest absolute Gasteiger partial charge is 0.113 e. The third-order valence-electron chi connectivity index (χ3n) is 2.73. The van der Waals surface area contributed by atoms with Crippen LogP contribution in [0.25, 0.3) is 0 Å². The number of alkyl halides is 1. The lowest BCUT2D eigenvalue weighted by Crippen LogP contribution is -1.96. The maximum absolute atomic E-state index is 6.50. The smallest absolute Gasteiger partial charge is 0.0846 e. The Balaban J connectivity index is 2.44. The van der Waals surface area contributed by atoms with Gasteiger partial charge >= 0.3 is 0 Å². The summed E-state index contributed by atoms with van der Waals surface area (Å²) in [7, 11) is 0. The van der Waals surface area contributed by atoms with Crippen molar-refractivity contribution in [2.75, 3.05) is 0 Å². The van der Waals surface area contributed by atoms with E-state index in [1.165, 1.54) is 0 Å². The Morgan fingerprint density at radius 3 is 2.44 bits per heavy atom. The summed E-state index contributed by atoms with van der Waals surface area (Å²) in [5.41, 5.74) is 3.10. The predicted molar refractivity (Wildman–Crippen MR) is 83.0 cm³/mol. The topological polar surface area (TPSA) is 0 Å². The highest BCUT2D eigenvalue weighted by Crippen LogP contribution is 2.37. The van der Waals surface area contributed by atoms with Crippen molar-refractivity contribution < 1.29 is 0 Å². The number of aryl methyl sites for hydroxylation is 1. The molecule has 94 valence electrons. The van der Waals surface area contributed by atoms with Crippen LogP contribution in [0, 0.1) is 6.92 Å². The van der Waals surface area contributed by atoms with E-state index >= 15 is 0 Å². The fraction of sp³-hybridized carbons (Fsp3) is 0.143. The molecule has 0 heterocycles. The minimum atomic E-state index is -0.256. The molecule has 2 aromatic carbocycles. The van der Waals surface area contributed by atoms with Crippen LogP contribution >= 0.6 is 50.7 Å². The molecule has 0 saturated carbocycles. The van der Waals surface area contributed by atoms with Crippen molar-refractivity contribution in [1.82, 2.24) is 0 Å². The van der Waals surface area contributed by atoms with Gasteiger partial charge in [-0.1, -0.05) is 63.4 Å². The minimum absolute atomic E-state index is 0.256. The number of hydrogen-bond acceptors (Lipinski definition) is 0. The maximum atomic E-state index is 6.50. The molecule has 1 unspecified atom stereocenters. The first-order valence-electron chi connectivity index (χ1n) is 5.34. The zero-order chi connectivity index (χ0) is 13.3. The van der Waals surface area contributed by atoms with Crippen LogP contribution in [0.3, 0.4) is 0 Å². The van der Waals surface area contributed by atoms with Crippen molar-refractivity contribution in [2.45, 2.75) is 12.3 Å². The Morgan fingerprint density at radius 1 is 1.06 bits per heavy atom. The molecule has 2 aromatic rings. The average molecular weight is 364 g/mol. The summed E-state index contributed by atoms with van der Waals surface area (Å²) in [5.74, 6) is 0.